The van der Waals surface area contributed by atoms with Crippen molar-refractivity contribution in [3.05, 3.63) is 62.0 Å². The lowest BCUT2D eigenvalue weighted by Crippen LogP contribution is -2.05. The maximum atomic E-state index is 12.5. The third-order valence-electron chi connectivity index (χ3n) is 2.60. The Hall–Kier alpha value is -1.03. The molecular weight excluding hydrogens is 351 g/mol. The van der Waals surface area contributed by atoms with Gasteiger partial charge in [-0.1, -0.05) is 29.3 Å². The molecule has 0 aliphatic heterocycles. The van der Waals surface area contributed by atoms with Gasteiger partial charge >= 0.3 is 0 Å². The lowest BCUT2D eigenvalue weighted by atomic mass is 10.0. The molecule has 0 atom stereocenters. The summed E-state index contributed by atoms with van der Waals surface area (Å²) < 4.78 is 5.85. The number of rotatable bonds is 3. The Balaban J connectivity index is 2.56. The van der Waals surface area contributed by atoms with E-state index in [1.807, 2.05) is 0 Å². The van der Waals surface area contributed by atoms with E-state index in [0.717, 1.165) is 0 Å². The molecule has 0 heterocycles. The zero-order valence-electron chi connectivity index (χ0n) is 9.91. The minimum Gasteiger partial charge on any atom is -0.496 e. The van der Waals surface area contributed by atoms with Gasteiger partial charge in [0.2, 0.25) is 0 Å². The minimum atomic E-state index is -0.231. The smallest absolute Gasteiger partial charge is 0.198 e. The van der Waals surface area contributed by atoms with Gasteiger partial charge in [0.25, 0.3) is 0 Å². The first kappa shape index (κ1) is 14.4. The fourth-order valence-corrected chi connectivity index (χ4v) is 2.43. The third kappa shape index (κ3) is 2.94. The lowest BCUT2D eigenvalue weighted by molar-refractivity contribution is 0.103. The first-order valence-corrected chi connectivity index (χ1v) is 6.91. The highest BCUT2D eigenvalue weighted by Crippen LogP contribution is 2.31. The average molecular weight is 360 g/mol. The highest BCUT2D eigenvalue weighted by molar-refractivity contribution is 9.10. The molecule has 98 valence electrons. The van der Waals surface area contributed by atoms with E-state index in [1.54, 1.807) is 36.4 Å². The predicted octanol–water partition coefficient (Wildman–Crippen LogP) is 5.00. The molecule has 0 aliphatic carbocycles. The van der Waals surface area contributed by atoms with E-state index in [2.05, 4.69) is 15.9 Å². The Morgan fingerprint density at radius 3 is 2.58 bits per heavy atom. The van der Waals surface area contributed by atoms with E-state index < -0.39 is 0 Å². The van der Waals surface area contributed by atoms with Crippen LogP contribution in [0.4, 0.5) is 0 Å². The lowest BCUT2D eigenvalue weighted by Gasteiger charge is -2.09. The fourth-order valence-electron chi connectivity index (χ4n) is 1.68. The highest BCUT2D eigenvalue weighted by atomic mass is 79.9. The quantitative estimate of drug-likeness (QED) is 0.721. The van der Waals surface area contributed by atoms with Crippen molar-refractivity contribution in [1.29, 1.82) is 0 Å². The van der Waals surface area contributed by atoms with Crippen LogP contribution in [0.25, 0.3) is 0 Å². The molecule has 0 fully saturated rings. The van der Waals surface area contributed by atoms with Crippen LogP contribution in [0.3, 0.4) is 0 Å². The largest absolute Gasteiger partial charge is 0.496 e. The molecule has 0 radical (unpaired) electrons. The number of methoxy groups -OCH3 is 1. The van der Waals surface area contributed by atoms with Crippen molar-refractivity contribution in [2.24, 2.45) is 0 Å². The SMILES string of the molecule is COc1ccc(Cl)cc1C(=O)c1cccc(Br)c1Cl. The topological polar surface area (TPSA) is 26.3 Å². The van der Waals surface area contributed by atoms with Crippen molar-refractivity contribution in [1.82, 2.24) is 0 Å². The van der Waals surface area contributed by atoms with Gasteiger partial charge in [-0.05, 0) is 46.3 Å². The zero-order valence-corrected chi connectivity index (χ0v) is 13.0. The molecule has 0 unspecified atom stereocenters. The number of carbonyl (C=O) groups excluding carboxylic acids is 1. The van der Waals surface area contributed by atoms with Gasteiger partial charge in [0.15, 0.2) is 5.78 Å². The molecule has 0 N–H and O–H groups in total. The van der Waals surface area contributed by atoms with E-state index in [9.17, 15) is 4.79 Å². The molecule has 2 rings (SSSR count). The van der Waals surface area contributed by atoms with E-state index >= 15 is 0 Å². The molecule has 19 heavy (non-hydrogen) atoms. The van der Waals surface area contributed by atoms with Crippen molar-refractivity contribution in [2.45, 2.75) is 0 Å². The van der Waals surface area contributed by atoms with E-state index in [0.29, 0.717) is 31.4 Å². The van der Waals surface area contributed by atoms with Crippen LogP contribution in [0.1, 0.15) is 15.9 Å². The Labute approximate surface area is 129 Å². The Kier molecular flexibility index (Phi) is 4.50. The monoisotopic (exact) mass is 358 g/mol. The molecule has 2 nitrogen and oxygen atoms in total. The Bertz CT molecular complexity index is 641. The van der Waals surface area contributed by atoms with Crippen molar-refractivity contribution in [3.63, 3.8) is 0 Å². The molecular formula is C14H9BrCl2O2. The van der Waals surface area contributed by atoms with Crippen molar-refractivity contribution < 1.29 is 9.53 Å². The number of halogens is 3. The van der Waals surface area contributed by atoms with Gasteiger partial charge in [0.1, 0.15) is 5.75 Å². The minimum absolute atomic E-state index is 0.231. The number of benzene rings is 2. The van der Waals surface area contributed by atoms with Crippen molar-refractivity contribution in [2.75, 3.05) is 7.11 Å². The normalized spacial score (nSPS) is 10.3. The zero-order chi connectivity index (χ0) is 14.0. The van der Waals surface area contributed by atoms with Gasteiger partial charge < -0.3 is 4.74 Å². The maximum absolute atomic E-state index is 12.5. The molecule has 0 bridgehead atoms. The summed E-state index contributed by atoms with van der Waals surface area (Å²) in [6.07, 6.45) is 0. The second-order valence-electron chi connectivity index (χ2n) is 3.78. The number of ether oxygens (including phenoxy) is 1. The number of ketones is 1. The average Bonchev–Trinajstić information content (AvgIpc) is 2.41. The van der Waals surface area contributed by atoms with Gasteiger partial charge in [0, 0.05) is 15.1 Å². The maximum Gasteiger partial charge on any atom is 0.198 e. The Morgan fingerprint density at radius 1 is 1.16 bits per heavy atom. The Morgan fingerprint density at radius 2 is 1.89 bits per heavy atom. The summed E-state index contributed by atoms with van der Waals surface area (Å²) in [5.74, 6) is 0.232. The van der Waals surface area contributed by atoms with Gasteiger partial charge in [-0.2, -0.15) is 0 Å². The fraction of sp³-hybridized carbons (Fsp3) is 0.0714. The summed E-state index contributed by atoms with van der Waals surface area (Å²) in [5.41, 5.74) is 0.784. The second-order valence-corrected chi connectivity index (χ2v) is 5.44. The first-order chi connectivity index (χ1) is 9.04. The van der Waals surface area contributed by atoms with Gasteiger partial charge in [-0.15, -0.1) is 0 Å². The van der Waals surface area contributed by atoms with Gasteiger partial charge in [0.05, 0.1) is 17.7 Å². The van der Waals surface area contributed by atoms with Crippen LogP contribution < -0.4 is 4.74 Å². The molecule has 0 aromatic heterocycles. The van der Waals surface area contributed by atoms with Crippen LogP contribution in [0.2, 0.25) is 10.0 Å². The summed E-state index contributed by atoms with van der Waals surface area (Å²) >= 11 is 15.4. The first-order valence-electron chi connectivity index (χ1n) is 5.37. The van der Waals surface area contributed by atoms with E-state index in [-0.39, 0.29) is 5.78 Å². The van der Waals surface area contributed by atoms with Crippen LogP contribution in [0.15, 0.2) is 40.9 Å². The third-order valence-corrected chi connectivity index (χ3v) is 4.13. The summed E-state index contributed by atoms with van der Waals surface area (Å²) in [6.45, 7) is 0. The van der Waals surface area contributed by atoms with Gasteiger partial charge in [-0.25, -0.2) is 0 Å². The molecule has 2 aromatic carbocycles. The van der Waals surface area contributed by atoms with Crippen LogP contribution in [-0.2, 0) is 0 Å². The van der Waals surface area contributed by atoms with Gasteiger partial charge in [-0.3, -0.25) is 4.79 Å². The number of hydrogen-bond donors (Lipinski definition) is 0. The molecule has 0 saturated carbocycles. The van der Waals surface area contributed by atoms with Crippen LogP contribution in [-0.4, -0.2) is 12.9 Å². The van der Waals surface area contributed by atoms with E-state index in [4.69, 9.17) is 27.9 Å². The molecule has 0 aliphatic rings. The number of hydrogen-bond acceptors (Lipinski definition) is 2. The van der Waals surface area contributed by atoms with Crippen molar-refractivity contribution >= 4 is 44.9 Å². The van der Waals surface area contributed by atoms with Crippen LogP contribution in [0.5, 0.6) is 5.75 Å². The predicted molar refractivity (Wildman–Crippen MR) is 80.6 cm³/mol. The molecule has 5 heteroatoms. The van der Waals surface area contributed by atoms with E-state index in [1.165, 1.54) is 7.11 Å². The molecule has 0 saturated heterocycles. The summed E-state index contributed by atoms with van der Waals surface area (Å²) in [7, 11) is 1.50. The summed E-state index contributed by atoms with van der Waals surface area (Å²) in [5, 5.41) is 0.838. The van der Waals surface area contributed by atoms with Crippen LogP contribution >= 0.6 is 39.1 Å². The summed E-state index contributed by atoms with van der Waals surface area (Å²) in [6, 6.07) is 10.1. The molecule has 0 spiro atoms. The number of carbonyl (C=O) groups is 1. The van der Waals surface area contributed by atoms with Crippen LogP contribution in [0, 0.1) is 0 Å². The molecule has 2 aromatic rings. The molecule has 0 amide bonds. The second kappa shape index (κ2) is 5.95. The standard InChI is InChI=1S/C14H9BrCl2O2/c1-19-12-6-5-8(16)7-10(12)14(18)9-3-2-4-11(15)13(9)17/h2-7H,1H3. The highest BCUT2D eigenvalue weighted by Gasteiger charge is 2.18. The summed E-state index contributed by atoms with van der Waals surface area (Å²) in [4.78, 5) is 12.5. The van der Waals surface area contributed by atoms with Crippen molar-refractivity contribution in [3.8, 4) is 5.75 Å².